The molecule has 10 aromatic rings. The normalized spacial score (nSPS) is 15.8. The maximum atomic E-state index is 13.7. The third kappa shape index (κ3) is 4.92. The third-order valence-corrected chi connectivity index (χ3v) is 13.5. The Kier molecular flexibility index (Phi) is 7.03. The fraction of sp³-hybridized carbons (Fsp3) is 0.170. The second-order valence-electron chi connectivity index (χ2n) is 18.3. The molecule has 12 rings (SSSR count). The Morgan fingerprint density at radius 1 is 0.444 bits per heavy atom. The second kappa shape index (κ2) is 12.1. The summed E-state index contributed by atoms with van der Waals surface area (Å²) in [5.41, 5.74) is 6.72. The molecule has 63 heavy (non-hydrogen) atoms. The smallest absolute Gasteiger partial charge is 0.266 e. The van der Waals surface area contributed by atoms with Crippen LogP contribution in [0.4, 0.5) is 0 Å². The van der Waals surface area contributed by atoms with E-state index in [0.29, 0.717) is 67.2 Å². The zero-order valence-electron chi connectivity index (χ0n) is 34.5. The molecule has 4 aromatic heterocycles. The summed E-state index contributed by atoms with van der Waals surface area (Å²) < 4.78 is 28.5. The van der Waals surface area contributed by atoms with Gasteiger partial charge in [0.05, 0.1) is 32.9 Å². The fourth-order valence-corrected chi connectivity index (χ4v) is 10.9. The van der Waals surface area contributed by atoms with Crippen LogP contribution < -0.4 is 22.2 Å². The van der Waals surface area contributed by atoms with E-state index in [9.17, 15) is 19.2 Å². The lowest BCUT2D eigenvalue weighted by Gasteiger charge is -2.30. The summed E-state index contributed by atoms with van der Waals surface area (Å²) in [5.74, 6) is 5.12. The molecule has 304 valence electrons. The molecule has 0 saturated heterocycles. The molecule has 0 atom stereocenters. The molecule has 0 N–H and O–H groups in total. The van der Waals surface area contributed by atoms with E-state index in [2.05, 4.69) is 51.7 Å². The third-order valence-electron chi connectivity index (χ3n) is 13.5. The van der Waals surface area contributed by atoms with Gasteiger partial charge in [-0.2, -0.15) is 0 Å². The van der Waals surface area contributed by atoms with Gasteiger partial charge in [0.2, 0.25) is 0 Å². The summed E-state index contributed by atoms with van der Waals surface area (Å²) in [6.45, 7) is 8.93. The van der Waals surface area contributed by atoms with Crippen molar-refractivity contribution < 1.29 is 17.7 Å². The Morgan fingerprint density at radius 2 is 0.746 bits per heavy atom. The first-order valence-electron chi connectivity index (χ1n) is 20.5. The summed E-state index contributed by atoms with van der Waals surface area (Å²) in [6, 6.07) is 28.0. The monoisotopic (exact) mass is 826 g/mol. The summed E-state index contributed by atoms with van der Waals surface area (Å²) in [6.07, 6.45) is 12.8. The summed E-state index contributed by atoms with van der Waals surface area (Å²) in [7, 11) is 0. The van der Waals surface area contributed by atoms with Gasteiger partial charge in [0.15, 0.2) is 44.7 Å². The van der Waals surface area contributed by atoms with Crippen LogP contribution in [0.5, 0.6) is 0 Å². The average molecular weight is 827 g/mol. The number of fused-ring (bicyclic) bond motifs is 10. The summed E-state index contributed by atoms with van der Waals surface area (Å²) in [5, 5.41) is 0.863. The molecule has 4 heterocycles. The van der Waals surface area contributed by atoms with E-state index < -0.39 is 27.7 Å². The summed E-state index contributed by atoms with van der Waals surface area (Å²) >= 11 is 0. The van der Waals surface area contributed by atoms with Crippen molar-refractivity contribution in [3.63, 3.8) is 0 Å². The molecule has 1 spiro atoms. The lowest BCUT2D eigenvalue weighted by Crippen LogP contribution is -2.26. The van der Waals surface area contributed by atoms with Crippen LogP contribution in [-0.4, -0.2) is 9.13 Å². The first kappa shape index (κ1) is 36.7. The van der Waals surface area contributed by atoms with E-state index in [0.717, 1.165) is 44.2 Å². The molecule has 10 heteroatoms. The van der Waals surface area contributed by atoms with Crippen LogP contribution in [0, 0.1) is 24.7 Å². The van der Waals surface area contributed by atoms with E-state index >= 15 is 0 Å². The largest absolute Gasteiger partial charge is 0.449 e. The Balaban J connectivity index is 1.02. The highest BCUT2D eigenvalue weighted by Crippen LogP contribution is 2.63. The fourth-order valence-electron chi connectivity index (χ4n) is 10.9. The van der Waals surface area contributed by atoms with Gasteiger partial charge < -0.3 is 17.7 Å². The molecule has 0 bridgehead atoms. The van der Waals surface area contributed by atoms with Crippen molar-refractivity contribution in [1.82, 2.24) is 9.13 Å². The zero-order chi connectivity index (χ0) is 43.5. The molecule has 0 amide bonds. The van der Waals surface area contributed by atoms with Gasteiger partial charge in [-0.3, -0.25) is 19.2 Å². The summed E-state index contributed by atoms with van der Waals surface area (Å²) in [4.78, 5) is 54.9. The standard InChI is InChI=1S/C53H34N2O8/c1-7-27-11-9-13-29(15-27)54-47(56)31-17-39-41(19-33(31)49(54)58)62-45-23-37-35(21-43(45)60-39)51(3,4)25-53(37)26-52(5,6)36-22-44-46(24-38(36)53)63-42-20-34-32(18-40(42)61-44)48(57)55(50(34)59)30-14-10-12-28(8-2)16-30/h1-2,9-24H,25-26H2,3-6H3. The van der Waals surface area contributed by atoms with Crippen molar-refractivity contribution in [2.45, 2.75) is 56.8 Å². The van der Waals surface area contributed by atoms with Crippen molar-refractivity contribution >= 4 is 66.2 Å². The number of benzene rings is 6. The molecule has 0 unspecified atom stereocenters. The minimum atomic E-state index is -0.476. The van der Waals surface area contributed by atoms with Gasteiger partial charge in [-0.05, 0) is 131 Å². The van der Waals surface area contributed by atoms with Crippen LogP contribution in [0.1, 0.15) is 73.9 Å². The van der Waals surface area contributed by atoms with Crippen molar-refractivity contribution in [3.8, 4) is 36.1 Å². The number of terminal acetylenes is 2. The molecule has 2 aliphatic carbocycles. The van der Waals surface area contributed by atoms with Crippen molar-refractivity contribution in [1.29, 1.82) is 0 Å². The minimum absolute atomic E-state index is 0.212. The van der Waals surface area contributed by atoms with Gasteiger partial charge in [0, 0.05) is 16.5 Å². The topological polar surface area (TPSA) is 131 Å². The zero-order valence-corrected chi connectivity index (χ0v) is 34.5. The van der Waals surface area contributed by atoms with Crippen LogP contribution >= 0.6 is 0 Å². The molecule has 6 aromatic carbocycles. The van der Waals surface area contributed by atoms with Gasteiger partial charge in [-0.1, -0.05) is 51.7 Å². The van der Waals surface area contributed by atoms with Gasteiger partial charge in [0.1, 0.15) is 0 Å². The van der Waals surface area contributed by atoms with E-state index in [1.807, 2.05) is 12.1 Å². The lowest BCUT2D eigenvalue weighted by molar-refractivity contribution is 0.349. The SMILES string of the molecule is C#Cc1cccc(-n2c(=O)c3cc4oc5cc6c(cc5oc4cc3c2=O)C2(CC6(C)C)CC(C)(C)c3cc4oc5cc6c(=O)n(-c7cccc(C#C)c7)c(=O)c6cc5oc4cc32)c1. The van der Waals surface area contributed by atoms with Crippen LogP contribution in [0.25, 0.3) is 77.6 Å². The van der Waals surface area contributed by atoms with Crippen molar-refractivity contribution in [3.05, 3.63) is 172 Å². The Labute approximate surface area is 356 Å². The highest BCUT2D eigenvalue weighted by molar-refractivity contribution is 5.96. The van der Waals surface area contributed by atoms with Crippen molar-refractivity contribution in [2.24, 2.45) is 0 Å². The molecule has 0 fully saturated rings. The number of hydrogen-bond acceptors (Lipinski definition) is 8. The molecular weight excluding hydrogens is 793 g/mol. The number of aromatic nitrogens is 2. The van der Waals surface area contributed by atoms with E-state index in [4.69, 9.17) is 30.5 Å². The van der Waals surface area contributed by atoms with Gasteiger partial charge >= 0.3 is 0 Å². The molecule has 0 saturated carbocycles. The van der Waals surface area contributed by atoms with Crippen LogP contribution in [0.2, 0.25) is 0 Å². The van der Waals surface area contributed by atoms with E-state index in [1.54, 1.807) is 72.8 Å². The number of rotatable bonds is 2. The predicted molar refractivity (Wildman–Crippen MR) is 243 cm³/mol. The second-order valence-corrected chi connectivity index (χ2v) is 18.3. The first-order valence-corrected chi connectivity index (χ1v) is 20.5. The molecular formula is C53H34N2O8. The first-order chi connectivity index (χ1) is 30.2. The number of hydrogen-bond donors (Lipinski definition) is 0. The molecule has 10 nitrogen and oxygen atoms in total. The van der Waals surface area contributed by atoms with Crippen LogP contribution in [0.3, 0.4) is 0 Å². The maximum absolute atomic E-state index is 13.7. The quantitative estimate of drug-likeness (QED) is 0.124. The average Bonchev–Trinajstić information content (AvgIpc) is 3.83. The molecule has 0 radical (unpaired) electrons. The van der Waals surface area contributed by atoms with Gasteiger partial charge in [-0.15, -0.1) is 12.8 Å². The highest BCUT2D eigenvalue weighted by atomic mass is 16.4. The highest BCUT2D eigenvalue weighted by Gasteiger charge is 2.57. The van der Waals surface area contributed by atoms with Crippen molar-refractivity contribution in [2.75, 3.05) is 0 Å². The van der Waals surface area contributed by atoms with Crippen LogP contribution in [0.15, 0.2) is 134 Å². The van der Waals surface area contributed by atoms with E-state index in [-0.39, 0.29) is 32.4 Å². The lowest BCUT2D eigenvalue weighted by atomic mass is 9.72. The minimum Gasteiger partial charge on any atom is -0.449 e. The molecule has 2 aliphatic rings. The van der Waals surface area contributed by atoms with Crippen LogP contribution in [-0.2, 0) is 16.2 Å². The Bertz CT molecular complexity index is 3840. The maximum Gasteiger partial charge on any atom is 0.266 e. The molecule has 0 aliphatic heterocycles. The predicted octanol–water partition coefficient (Wildman–Crippen LogP) is 9.61. The number of nitrogens with zero attached hydrogens (tertiary/aromatic N) is 2. The van der Waals surface area contributed by atoms with E-state index in [1.165, 1.54) is 0 Å². The Morgan fingerprint density at radius 3 is 1.06 bits per heavy atom. The Hall–Kier alpha value is -8.08. The van der Waals surface area contributed by atoms with Gasteiger partial charge in [-0.25, -0.2) is 9.13 Å². The van der Waals surface area contributed by atoms with Gasteiger partial charge in [0.25, 0.3) is 22.2 Å².